The molecule has 0 unspecified atom stereocenters. The van der Waals surface area contributed by atoms with Crippen LogP contribution in [0.3, 0.4) is 0 Å². The quantitative estimate of drug-likeness (QED) is 0.648. The average molecular weight is 176 g/mol. The molecule has 0 spiro atoms. The Hall–Kier alpha value is -1.06. The van der Waals surface area contributed by atoms with Crippen LogP contribution in [0.15, 0.2) is 48.5 Å². The number of allylic oxidation sites excluding steroid dienone is 5. The van der Waals surface area contributed by atoms with Gasteiger partial charge in [-0.3, -0.25) is 0 Å². The molecule has 0 aliphatic carbocycles. The zero-order valence-corrected chi connectivity index (χ0v) is 7.57. The summed E-state index contributed by atoms with van der Waals surface area (Å²) >= 11 is 0. The Morgan fingerprint density at radius 1 is 1.31 bits per heavy atom. The first-order valence-corrected chi connectivity index (χ1v) is 4.24. The van der Waals surface area contributed by atoms with E-state index in [0.717, 1.165) is 17.5 Å². The van der Waals surface area contributed by atoms with Crippen LogP contribution in [0.2, 0.25) is 0 Å². The second kappa shape index (κ2) is 4.85. The molecule has 3 heteroatoms. The number of hydrogen-bond donors (Lipinski definition) is 1. The topological polar surface area (TPSA) is 29.5 Å². The summed E-state index contributed by atoms with van der Waals surface area (Å²) in [7, 11) is -0.821. The van der Waals surface area contributed by atoms with Crippen molar-refractivity contribution in [2.45, 2.75) is 6.42 Å². The molecule has 0 atom stereocenters. The molecule has 1 heterocycles. The molecule has 1 aliphatic rings. The Labute approximate surface area is 79.1 Å². The summed E-state index contributed by atoms with van der Waals surface area (Å²) in [6.07, 6.45) is 7.82. The van der Waals surface area contributed by atoms with Crippen LogP contribution < -0.4 is 0 Å². The zero-order chi connectivity index (χ0) is 9.68. The van der Waals surface area contributed by atoms with Crippen LogP contribution in [0.25, 0.3) is 0 Å². The van der Waals surface area contributed by atoms with E-state index in [-0.39, 0.29) is 0 Å². The Balaban J connectivity index is 2.92. The van der Waals surface area contributed by atoms with E-state index in [4.69, 9.17) is 4.65 Å². The standard InChI is InChI=1S/C10H13BO2/c1-3-5-9-7-8-13-11(12)10(9)6-4-2/h3-6,12H,1-2,7-8H2/b9-5-,10-6+. The van der Waals surface area contributed by atoms with Crippen LogP contribution in [-0.2, 0) is 4.65 Å². The molecule has 0 amide bonds. The summed E-state index contributed by atoms with van der Waals surface area (Å²) in [5.74, 6) is 0. The normalized spacial score (nSPS) is 23.6. The van der Waals surface area contributed by atoms with E-state index >= 15 is 0 Å². The van der Waals surface area contributed by atoms with Crippen molar-refractivity contribution in [1.29, 1.82) is 0 Å². The molecule has 1 aliphatic heterocycles. The number of rotatable bonds is 2. The van der Waals surface area contributed by atoms with E-state index in [1.54, 1.807) is 18.2 Å². The molecule has 0 aromatic rings. The van der Waals surface area contributed by atoms with Crippen molar-refractivity contribution in [3.05, 3.63) is 48.5 Å². The molecule has 1 fully saturated rings. The van der Waals surface area contributed by atoms with E-state index in [9.17, 15) is 5.02 Å². The Morgan fingerprint density at radius 2 is 2.00 bits per heavy atom. The molecule has 0 saturated carbocycles. The molecular weight excluding hydrogens is 163 g/mol. The number of hydrogen-bond acceptors (Lipinski definition) is 2. The highest BCUT2D eigenvalue weighted by Crippen LogP contribution is 2.22. The SMILES string of the molecule is C=C/C=C1/CCOB(O)/C1=C/C=C. The molecule has 1 rings (SSSR count). The summed E-state index contributed by atoms with van der Waals surface area (Å²) in [6, 6.07) is 0. The zero-order valence-electron chi connectivity index (χ0n) is 7.57. The van der Waals surface area contributed by atoms with Gasteiger partial charge in [0.15, 0.2) is 0 Å². The van der Waals surface area contributed by atoms with Gasteiger partial charge in [-0.1, -0.05) is 37.5 Å². The lowest BCUT2D eigenvalue weighted by molar-refractivity contribution is 0.259. The lowest BCUT2D eigenvalue weighted by Gasteiger charge is -2.20. The Bertz CT molecular complexity index is 266. The van der Waals surface area contributed by atoms with Gasteiger partial charge >= 0.3 is 7.12 Å². The fraction of sp³-hybridized carbons (Fsp3) is 0.200. The first kappa shape index (κ1) is 10.0. The highest BCUT2D eigenvalue weighted by atomic mass is 16.5. The molecule has 13 heavy (non-hydrogen) atoms. The minimum absolute atomic E-state index is 0.551. The maximum Gasteiger partial charge on any atom is 0.491 e. The molecule has 0 aromatic carbocycles. The van der Waals surface area contributed by atoms with Gasteiger partial charge in [-0.2, -0.15) is 0 Å². The lowest BCUT2D eigenvalue weighted by Crippen LogP contribution is -2.28. The van der Waals surface area contributed by atoms with Gasteiger partial charge in [0, 0.05) is 6.61 Å². The highest BCUT2D eigenvalue weighted by Gasteiger charge is 2.26. The molecule has 0 aromatic heterocycles. The Kier molecular flexibility index (Phi) is 3.74. The van der Waals surface area contributed by atoms with Gasteiger partial charge in [0.05, 0.1) is 0 Å². The van der Waals surface area contributed by atoms with Gasteiger partial charge in [0.25, 0.3) is 0 Å². The van der Waals surface area contributed by atoms with Crippen LogP contribution in [0.1, 0.15) is 6.42 Å². The van der Waals surface area contributed by atoms with E-state index < -0.39 is 7.12 Å². The summed E-state index contributed by atoms with van der Waals surface area (Å²) in [5, 5.41) is 9.48. The molecule has 2 nitrogen and oxygen atoms in total. The molecule has 0 bridgehead atoms. The summed E-state index contributed by atoms with van der Waals surface area (Å²) in [6.45, 7) is 7.76. The second-order valence-electron chi connectivity index (χ2n) is 2.76. The minimum atomic E-state index is -0.821. The van der Waals surface area contributed by atoms with Gasteiger partial charge in [-0.05, 0) is 17.5 Å². The fourth-order valence-corrected chi connectivity index (χ4v) is 1.31. The molecule has 0 radical (unpaired) electrons. The van der Waals surface area contributed by atoms with Crippen LogP contribution in [-0.4, -0.2) is 18.7 Å². The summed E-state index contributed by atoms with van der Waals surface area (Å²) < 4.78 is 5.08. The largest absolute Gasteiger partial charge is 0.491 e. The molecule has 1 N–H and O–H groups in total. The van der Waals surface area contributed by atoms with Crippen molar-refractivity contribution in [1.82, 2.24) is 0 Å². The Morgan fingerprint density at radius 3 is 2.62 bits per heavy atom. The first-order valence-electron chi connectivity index (χ1n) is 4.24. The third-order valence-electron chi connectivity index (χ3n) is 1.90. The van der Waals surface area contributed by atoms with Crippen molar-refractivity contribution in [2.75, 3.05) is 6.61 Å². The molecule has 68 valence electrons. The summed E-state index contributed by atoms with van der Waals surface area (Å²) in [5.41, 5.74) is 1.84. The van der Waals surface area contributed by atoms with Crippen molar-refractivity contribution in [2.24, 2.45) is 0 Å². The predicted molar refractivity (Wildman–Crippen MR) is 55.1 cm³/mol. The van der Waals surface area contributed by atoms with Crippen LogP contribution in [0.4, 0.5) is 0 Å². The second-order valence-corrected chi connectivity index (χ2v) is 2.76. The predicted octanol–water partition coefficient (Wildman–Crippen LogP) is 1.65. The van der Waals surface area contributed by atoms with E-state index in [1.807, 2.05) is 6.08 Å². The molecule has 1 saturated heterocycles. The first-order chi connectivity index (χ1) is 6.29. The van der Waals surface area contributed by atoms with Gasteiger partial charge in [-0.15, -0.1) is 0 Å². The van der Waals surface area contributed by atoms with Crippen molar-refractivity contribution in [3.63, 3.8) is 0 Å². The monoisotopic (exact) mass is 176 g/mol. The van der Waals surface area contributed by atoms with Gasteiger partial charge in [-0.25, -0.2) is 0 Å². The van der Waals surface area contributed by atoms with Crippen molar-refractivity contribution in [3.8, 4) is 0 Å². The van der Waals surface area contributed by atoms with Crippen molar-refractivity contribution >= 4 is 7.12 Å². The summed E-state index contributed by atoms with van der Waals surface area (Å²) in [4.78, 5) is 0. The van der Waals surface area contributed by atoms with Crippen LogP contribution >= 0.6 is 0 Å². The van der Waals surface area contributed by atoms with Gasteiger partial charge in [0.2, 0.25) is 0 Å². The van der Waals surface area contributed by atoms with Crippen LogP contribution in [0.5, 0.6) is 0 Å². The minimum Gasteiger partial charge on any atom is -0.423 e. The van der Waals surface area contributed by atoms with Gasteiger partial charge < -0.3 is 9.68 Å². The average Bonchev–Trinajstić information content (AvgIpc) is 2.11. The van der Waals surface area contributed by atoms with E-state index in [2.05, 4.69) is 13.2 Å². The molecular formula is C10H13BO2. The van der Waals surface area contributed by atoms with Crippen molar-refractivity contribution < 1.29 is 9.68 Å². The highest BCUT2D eigenvalue weighted by molar-refractivity contribution is 6.54. The third-order valence-corrected chi connectivity index (χ3v) is 1.90. The third kappa shape index (κ3) is 2.44. The maximum atomic E-state index is 9.48. The van der Waals surface area contributed by atoms with E-state index in [1.165, 1.54) is 0 Å². The maximum absolute atomic E-state index is 9.48. The van der Waals surface area contributed by atoms with Gasteiger partial charge in [0.1, 0.15) is 0 Å². The van der Waals surface area contributed by atoms with Crippen LogP contribution in [0, 0.1) is 0 Å². The fourth-order valence-electron chi connectivity index (χ4n) is 1.31. The smallest absolute Gasteiger partial charge is 0.423 e. The lowest BCUT2D eigenvalue weighted by atomic mass is 9.71. The van der Waals surface area contributed by atoms with E-state index in [0.29, 0.717) is 6.61 Å².